The Morgan fingerprint density at radius 2 is 2.29 bits per heavy atom. The third-order valence-electron chi connectivity index (χ3n) is 3.02. The Hall–Kier alpha value is -1.75. The zero-order valence-corrected chi connectivity index (χ0v) is 9.65. The molecule has 5 heteroatoms. The lowest BCUT2D eigenvalue weighted by atomic mass is 10.3. The van der Waals surface area contributed by atoms with Crippen molar-refractivity contribution in [3.63, 3.8) is 0 Å². The summed E-state index contributed by atoms with van der Waals surface area (Å²) < 4.78 is 5.34. The summed E-state index contributed by atoms with van der Waals surface area (Å²) in [6, 6.07) is 5.86. The van der Waals surface area contributed by atoms with E-state index in [1.165, 1.54) is 0 Å². The summed E-state index contributed by atoms with van der Waals surface area (Å²) in [5, 5.41) is 10.8. The zero-order chi connectivity index (χ0) is 11.5. The fraction of sp³-hybridized carbons (Fsp3) is 0.417. The first kappa shape index (κ1) is 10.4. The Kier molecular flexibility index (Phi) is 2.83. The number of anilines is 1. The summed E-state index contributed by atoms with van der Waals surface area (Å²) in [5.74, 6) is 1.83. The Bertz CT molecular complexity index is 455. The van der Waals surface area contributed by atoms with Crippen molar-refractivity contribution in [2.75, 3.05) is 31.1 Å². The molecule has 0 aliphatic carbocycles. The molecule has 0 aromatic carbocycles. The van der Waals surface area contributed by atoms with Crippen molar-refractivity contribution in [3.8, 4) is 11.5 Å². The van der Waals surface area contributed by atoms with E-state index >= 15 is 0 Å². The molecule has 1 aliphatic rings. The van der Waals surface area contributed by atoms with Gasteiger partial charge in [0.25, 0.3) is 0 Å². The topological polar surface area (TPSA) is 57.1 Å². The van der Waals surface area contributed by atoms with Gasteiger partial charge in [0.15, 0.2) is 11.6 Å². The molecule has 0 radical (unpaired) electrons. The van der Waals surface area contributed by atoms with Gasteiger partial charge in [-0.2, -0.15) is 5.10 Å². The average Bonchev–Trinajstić information content (AvgIpc) is 2.95. The van der Waals surface area contributed by atoms with Crippen molar-refractivity contribution in [2.24, 2.45) is 0 Å². The summed E-state index contributed by atoms with van der Waals surface area (Å²) in [7, 11) is 0. The number of nitrogens with one attached hydrogen (secondary N) is 2. The summed E-state index contributed by atoms with van der Waals surface area (Å²) in [6.45, 7) is 4.16. The molecule has 3 heterocycles. The van der Waals surface area contributed by atoms with Crippen molar-refractivity contribution in [2.45, 2.75) is 6.42 Å². The predicted octanol–water partition coefficient (Wildman–Crippen LogP) is 1.47. The second-order valence-electron chi connectivity index (χ2n) is 4.21. The van der Waals surface area contributed by atoms with E-state index in [0.29, 0.717) is 0 Å². The van der Waals surface area contributed by atoms with E-state index in [0.717, 1.165) is 49.9 Å². The van der Waals surface area contributed by atoms with Crippen molar-refractivity contribution in [1.29, 1.82) is 0 Å². The molecule has 1 fully saturated rings. The highest BCUT2D eigenvalue weighted by atomic mass is 16.3. The molecule has 2 N–H and O–H groups in total. The summed E-state index contributed by atoms with van der Waals surface area (Å²) in [4.78, 5) is 2.29. The van der Waals surface area contributed by atoms with E-state index < -0.39 is 0 Å². The van der Waals surface area contributed by atoms with Gasteiger partial charge >= 0.3 is 0 Å². The van der Waals surface area contributed by atoms with Crippen molar-refractivity contribution in [3.05, 3.63) is 24.5 Å². The first-order valence-electron chi connectivity index (χ1n) is 5.98. The van der Waals surface area contributed by atoms with Gasteiger partial charge in [-0.3, -0.25) is 5.10 Å². The van der Waals surface area contributed by atoms with E-state index in [1.807, 2.05) is 18.2 Å². The Balaban J connectivity index is 1.79. The standard InChI is InChI=1S/C12H16N4O/c1-3-11(17-8-1)10-9-12(15-14-10)16-6-2-4-13-5-7-16/h1,3,8-9,13H,2,4-7H2,(H,14,15). The lowest BCUT2D eigenvalue weighted by molar-refractivity contribution is 0.580. The van der Waals surface area contributed by atoms with Crippen molar-refractivity contribution >= 4 is 5.82 Å². The first-order valence-corrected chi connectivity index (χ1v) is 5.98. The lowest BCUT2D eigenvalue weighted by Gasteiger charge is -2.18. The highest BCUT2D eigenvalue weighted by molar-refractivity contribution is 5.57. The number of nitrogens with zero attached hydrogens (tertiary/aromatic N) is 2. The van der Waals surface area contributed by atoms with E-state index in [4.69, 9.17) is 4.42 Å². The summed E-state index contributed by atoms with van der Waals surface area (Å²) in [6.07, 6.45) is 2.83. The maximum atomic E-state index is 5.34. The van der Waals surface area contributed by atoms with E-state index in [1.54, 1.807) is 6.26 Å². The van der Waals surface area contributed by atoms with Crippen LogP contribution in [0.5, 0.6) is 0 Å². The fourth-order valence-corrected chi connectivity index (χ4v) is 2.11. The van der Waals surface area contributed by atoms with Crippen LogP contribution in [0.15, 0.2) is 28.9 Å². The number of aromatic nitrogens is 2. The Labute approximate surface area is 99.8 Å². The minimum Gasteiger partial charge on any atom is -0.463 e. The van der Waals surface area contributed by atoms with Crippen LogP contribution in [0.2, 0.25) is 0 Å². The second kappa shape index (κ2) is 4.63. The second-order valence-corrected chi connectivity index (χ2v) is 4.21. The minimum absolute atomic E-state index is 0.830. The molecule has 0 atom stereocenters. The zero-order valence-electron chi connectivity index (χ0n) is 9.65. The quantitative estimate of drug-likeness (QED) is 0.823. The summed E-state index contributed by atoms with van der Waals surface area (Å²) >= 11 is 0. The largest absolute Gasteiger partial charge is 0.463 e. The van der Waals surface area contributed by atoms with Gasteiger partial charge in [0.1, 0.15) is 5.69 Å². The molecule has 1 saturated heterocycles. The average molecular weight is 232 g/mol. The molecule has 17 heavy (non-hydrogen) atoms. The Morgan fingerprint density at radius 1 is 1.29 bits per heavy atom. The molecule has 0 spiro atoms. The van der Waals surface area contributed by atoms with E-state index in [2.05, 4.69) is 20.4 Å². The smallest absolute Gasteiger partial charge is 0.151 e. The number of aromatic amines is 1. The fourth-order valence-electron chi connectivity index (χ4n) is 2.11. The number of H-pyrrole nitrogens is 1. The van der Waals surface area contributed by atoms with Crippen LogP contribution in [0.4, 0.5) is 5.82 Å². The molecule has 0 saturated carbocycles. The molecule has 3 rings (SSSR count). The molecular formula is C12H16N4O. The van der Waals surface area contributed by atoms with Crippen LogP contribution < -0.4 is 10.2 Å². The maximum Gasteiger partial charge on any atom is 0.151 e. The van der Waals surface area contributed by atoms with Gasteiger partial charge in [-0.15, -0.1) is 0 Å². The Morgan fingerprint density at radius 3 is 3.18 bits per heavy atom. The molecular weight excluding hydrogens is 216 g/mol. The van der Waals surface area contributed by atoms with Crippen LogP contribution >= 0.6 is 0 Å². The molecule has 0 bridgehead atoms. The van der Waals surface area contributed by atoms with Crippen molar-refractivity contribution in [1.82, 2.24) is 15.5 Å². The van der Waals surface area contributed by atoms with Crippen LogP contribution in [-0.2, 0) is 0 Å². The summed E-state index contributed by atoms with van der Waals surface area (Å²) in [5.41, 5.74) is 0.933. The van der Waals surface area contributed by atoms with Gasteiger partial charge in [-0.25, -0.2) is 0 Å². The highest BCUT2D eigenvalue weighted by Gasteiger charge is 2.13. The lowest BCUT2D eigenvalue weighted by Crippen LogP contribution is -2.28. The van der Waals surface area contributed by atoms with E-state index in [-0.39, 0.29) is 0 Å². The van der Waals surface area contributed by atoms with Gasteiger partial charge in [0.05, 0.1) is 6.26 Å². The van der Waals surface area contributed by atoms with Gasteiger partial charge in [0.2, 0.25) is 0 Å². The van der Waals surface area contributed by atoms with E-state index in [9.17, 15) is 0 Å². The normalized spacial score (nSPS) is 17.1. The van der Waals surface area contributed by atoms with Crippen LogP contribution in [0.3, 0.4) is 0 Å². The number of hydrogen-bond donors (Lipinski definition) is 2. The first-order chi connectivity index (χ1) is 8.43. The van der Waals surface area contributed by atoms with Crippen LogP contribution in [-0.4, -0.2) is 36.4 Å². The monoisotopic (exact) mass is 232 g/mol. The van der Waals surface area contributed by atoms with Crippen molar-refractivity contribution < 1.29 is 4.42 Å². The molecule has 2 aromatic rings. The third-order valence-corrected chi connectivity index (χ3v) is 3.02. The number of hydrogen-bond acceptors (Lipinski definition) is 4. The van der Waals surface area contributed by atoms with Gasteiger partial charge in [-0.05, 0) is 25.1 Å². The molecule has 2 aromatic heterocycles. The highest BCUT2D eigenvalue weighted by Crippen LogP contribution is 2.22. The molecule has 5 nitrogen and oxygen atoms in total. The van der Waals surface area contributed by atoms with Gasteiger partial charge < -0.3 is 14.6 Å². The van der Waals surface area contributed by atoms with Crippen LogP contribution in [0, 0.1) is 0 Å². The molecule has 1 aliphatic heterocycles. The minimum atomic E-state index is 0.830. The van der Waals surface area contributed by atoms with Gasteiger partial charge in [0, 0.05) is 25.7 Å². The molecule has 90 valence electrons. The maximum absolute atomic E-state index is 5.34. The number of furan rings is 1. The third kappa shape index (κ3) is 2.19. The SMILES string of the molecule is c1coc(-c2cc(N3CCCNCC3)n[nH]2)c1. The van der Waals surface area contributed by atoms with Crippen LogP contribution in [0.1, 0.15) is 6.42 Å². The number of rotatable bonds is 2. The van der Waals surface area contributed by atoms with Crippen LogP contribution in [0.25, 0.3) is 11.5 Å². The predicted molar refractivity (Wildman–Crippen MR) is 66.0 cm³/mol. The molecule has 0 amide bonds. The molecule has 0 unspecified atom stereocenters. The van der Waals surface area contributed by atoms with Gasteiger partial charge in [-0.1, -0.05) is 0 Å².